The molecule has 18 rings (SSSR count). The van der Waals surface area contributed by atoms with E-state index in [1.807, 2.05) is 159 Å². The lowest BCUT2D eigenvalue weighted by molar-refractivity contribution is 0.0747. The molecule has 0 spiro atoms. The minimum absolute atomic E-state index is 0.0325. The highest BCUT2D eigenvalue weighted by molar-refractivity contribution is 7.90. The molecule has 1 aliphatic rings. The van der Waals surface area contributed by atoms with E-state index in [2.05, 4.69) is 115 Å². The Hall–Kier alpha value is -13.5. The number of halogens is 3. The third-order valence-corrected chi connectivity index (χ3v) is 28.2. The van der Waals surface area contributed by atoms with Crippen LogP contribution in [0, 0.1) is 38.2 Å². The summed E-state index contributed by atoms with van der Waals surface area (Å²) in [6.07, 6.45) is 6.97. The number of rotatable bonds is 25. The zero-order valence-corrected chi connectivity index (χ0v) is 78.8. The number of phenols is 1. The van der Waals surface area contributed by atoms with E-state index in [0.717, 1.165) is 105 Å². The summed E-state index contributed by atoms with van der Waals surface area (Å²) in [6.45, 7) is 28.3. The molecule has 0 fully saturated rings. The Labute approximate surface area is 748 Å². The maximum Gasteiger partial charge on any atom is 0.370 e. The van der Waals surface area contributed by atoms with Gasteiger partial charge in [0.2, 0.25) is 20.9 Å². The number of hydrogen-bond donors (Lipinski definition) is 4. The van der Waals surface area contributed by atoms with E-state index in [4.69, 9.17) is 28.7 Å². The predicted molar refractivity (Wildman–Crippen MR) is 504 cm³/mol. The van der Waals surface area contributed by atoms with E-state index in [9.17, 15) is 36.7 Å². The molecular formula is C92H101F3N20O11SSi3. The Morgan fingerprint density at radius 1 is 0.469 bits per heavy atom. The fourth-order valence-electron chi connectivity index (χ4n) is 14.6. The number of aromatic hydroxyl groups is 1. The Morgan fingerprint density at radius 2 is 0.908 bits per heavy atom. The molecule has 130 heavy (non-hydrogen) atoms. The lowest BCUT2D eigenvalue weighted by Crippen LogP contribution is -2.27. The second-order valence-electron chi connectivity index (χ2n) is 36.0. The van der Waals surface area contributed by atoms with Crippen LogP contribution in [0.3, 0.4) is 0 Å². The lowest BCUT2D eigenvalue weighted by atomic mass is 9.96. The van der Waals surface area contributed by atoms with Crippen LogP contribution in [0.2, 0.25) is 77.1 Å². The van der Waals surface area contributed by atoms with Crippen molar-refractivity contribution in [3.63, 3.8) is 0 Å². The molecule has 17 aromatic rings. The van der Waals surface area contributed by atoms with Gasteiger partial charge in [0, 0.05) is 170 Å². The summed E-state index contributed by atoms with van der Waals surface area (Å²) in [5, 5.41) is 37.9. The predicted octanol–water partition coefficient (Wildman–Crippen LogP) is 17.2. The zero-order valence-electron chi connectivity index (χ0n) is 74.9. The molecule has 4 N–H and O–H groups in total. The van der Waals surface area contributed by atoms with Crippen molar-refractivity contribution in [1.29, 1.82) is 0 Å². The van der Waals surface area contributed by atoms with Gasteiger partial charge in [0.15, 0.2) is 0 Å². The van der Waals surface area contributed by atoms with Gasteiger partial charge in [0.25, 0.3) is 6.01 Å². The third kappa shape index (κ3) is 20.9. The van der Waals surface area contributed by atoms with E-state index >= 15 is 4.39 Å². The van der Waals surface area contributed by atoms with Crippen molar-refractivity contribution >= 4 is 100 Å². The second kappa shape index (κ2) is 37.3. The molecule has 1 aliphatic heterocycles. The molecule has 0 bridgehead atoms. The average molecular weight is 1840 g/mol. The highest BCUT2D eigenvalue weighted by Crippen LogP contribution is 2.43. The van der Waals surface area contributed by atoms with Gasteiger partial charge in [-0.15, -0.1) is 0 Å². The summed E-state index contributed by atoms with van der Waals surface area (Å²) in [4.78, 5) is 56.5. The molecule has 9 heterocycles. The first kappa shape index (κ1) is 91.2. The summed E-state index contributed by atoms with van der Waals surface area (Å²) in [5.74, 6) is -0.140. The van der Waals surface area contributed by atoms with Crippen molar-refractivity contribution < 1.29 is 50.4 Å². The van der Waals surface area contributed by atoms with Crippen LogP contribution in [-0.2, 0) is 58.7 Å². The number of ether oxygens (including phenoxy) is 5. The van der Waals surface area contributed by atoms with Gasteiger partial charge in [0.1, 0.15) is 48.2 Å². The number of sulfone groups is 1. The van der Waals surface area contributed by atoms with Crippen molar-refractivity contribution in [3.8, 4) is 73.7 Å². The van der Waals surface area contributed by atoms with Crippen LogP contribution in [0.1, 0.15) is 28.2 Å². The summed E-state index contributed by atoms with van der Waals surface area (Å²) < 4.78 is 110. The topological polar surface area (TPSA) is 354 Å². The van der Waals surface area contributed by atoms with Gasteiger partial charge in [-0.25, -0.2) is 51.0 Å². The van der Waals surface area contributed by atoms with Crippen LogP contribution in [0.5, 0.6) is 23.3 Å². The summed E-state index contributed by atoms with van der Waals surface area (Å²) in [7, 11) is -1.29. The lowest BCUT2D eigenvalue weighted by Gasteiger charge is -2.19. The SMILES string of the molecule is Cc1ccc(O)cc1-n1nnn(COCC[Si](C)(C)C)c1=O.Cc1ccc(OC2=Nc3cc(-c4ccc5c(ccn5C)c4)c(F)cc3C2COCC[Si](C)(C)C)cc1-n1nnn(COCC[Si](C)(C)C)c1=O.Cc1ccc(Oc2nc3cc(-c4ccc5c(ccn5C)c4)c(F)cc3[nH]2)cc1-n1nn[nH]c1=O.Cn1ccc2cc(-c3cc4nc(S(C)(=O)=O)[nH]c4cc3F)ccc21. The van der Waals surface area contributed by atoms with E-state index in [0.29, 0.717) is 105 Å². The van der Waals surface area contributed by atoms with Crippen LogP contribution in [0.25, 0.3) is 105 Å². The number of hydrogen-bond acceptors (Lipinski definition) is 20. The fourth-order valence-corrected chi connectivity index (χ4v) is 17.4. The van der Waals surface area contributed by atoms with Gasteiger partial charge in [-0.1, -0.05) is 95.3 Å². The van der Waals surface area contributed by atoms with Crippen LogP contribution >= 0.6 is 0 Å². The number of aliphatic imine (C=N–C) groups is 1. The number of tetrazole rings is 3. The maximum absolute atomic E-state index is 15.9. The van der Waals surface area contributed by atoms with Crippen LogP contribution < -0.4 is 26.5 Å². The number of nitrogens with one attached hydrogen (secondary N) is 3. The largest absolute Gasteiger partial charge is 0.508 e. The molecule has 31 nitrogen and oxygen atoms in total. The zero-order chi connectivity index (χ0) is 92.6. The second-order valence-corrected chi connectivity index (χ2v) is 54.8. The molecule has 1 atom stereocenters. The van der Waals surface area contributed by atoms with Crippen molar-refractivity contribution in [2.24, 2.45) is 26.1 Å². The normalized spacial score (nSPS) is 12.9. The van der Waals surface area contributed by atoms with E-state index in [1.54, 1.807) is 60.7 Å². The van der Waals surface area contributed by atoms with E-state index in [1.165, 1.54) is 32.2 Å². The molecule has 1 unspecified atom stereocenters. The summed E-state index contributed by atoms with van der Waals surface area (Å²) in [5.41, 5.74) is 12.8. The smallest absolute Gasteiger partial charge is 0.370 e. The standard InChI is InChI=1S/C37H47FN6O4Si2.C24H18FN7O2.C17H14FN3O2S.C14H22N4O3Si/c1-25-9-11-28(20-35(25)44-37(45)43(40-41-44)24-47-16-18-50(6,7)8)48-36-31(23-46-15-17-49(3,4)5)30-21-32(38)29(22-33(30)39-36)26-10-12-34-27(19-26)13-14-42(34)2;1-13-3-5-16(10-22(13)32-24(33)28-29-30-32)34-23-26-19-11-17(18(25)12-20(19)27-23)14-4-6-21-15(9-14)7-8-31(21)2;1-21-6-5-11-7-10(3-4-16(11)21)12-8-14-15(9-13(12)18)20-17(19-14)24(2,22)23;1-11-5-6-12(19)9-13(11)18-14(20)17(15-16-18)10-21-7-8-22(2,3)4/h9-14,19-22,31H,15-18,23-24H2,1-8H3;3-12H,1-2H3,(H,26,27)(H,28,30,33);3-9H,1-2H3,(H,19,20);5-6,9,19H,7-8,10H2,1-4H3. The highest BCUT2D eigenvalue weighted by Gasteiger charge is 2.33. The van der Waals surface area contributed by atoms with Crippen LogP contribution in [0.15, 0.2) is 207 Å². The Kier molecular flexibility index (Phi) is 26.2. The maximum atomic E-state index is 15.9. The fraction of sp³-hybridized carbons (Fsp3) is 0.283. The first-order valence-electron chi connectivity index (χ1n) is 42.1. The number of imidazole rings is 2. The first-order valence-corrected chi connectivity index (χ1v) is 55.1. The van der Waals surface area contributed by atoms with Gasteiger partial charge in [0.05, 0.1) is 57.3 Å². The van der Waals surface area contributed by atoms with Gasteiger partial charge in [-0.3, -0.25) is 0 Å². The number of aromatic amines is 3. The highest BCUT2D eigenvalue weighted by atomic mass is 32.2. The molecule has 38 heteroatoms. The number of aromatic nitrogens is 19. The molecule has 9 aromatic carbocycles. The molecular weight excluding hydrogens is 1730 g/mol. The molecule has 0 saturated carbocycles. The minimum Gasteiger partial charge on any atom is -0.508 e. The Balaban J connectivity index is 0.000000141. The van der Waals surface area contributed by atoms with Crippen LogP contribution in [0.4, 0.5) is 18.9 Å². The number of fused-ring (bicyclic) bond motifs is 6. The van der Waals surface area contributed by atoms with E-state index < -0.39 is 57.2 Å². The number of aryl methyl sites for hydroxylation is 6. The minimum atomic E-state index is -3.47. The number of phenolic OH excluding ortho intramolecular Hbond substituents is 1. The quantitative estimate of drug-likeness (QED) is 0.0305. The Bertz CT molecular complexity index is 7460. The van der Waals surface area contributed by atoms with Crippen molar-refractivity contribution in [3.05, 3.63) is 254 Å². The van der Waals surface area contributed by atoms with Crippen molar-refractivity contribution in [1.82, 2.24) is 93.4 Å². The molecule has 0 amide bonds. The van der Waals surface area contributed by atoms with Gasteiger partial charge in [-0.2, -0.15) is 28.4 Å². The number of H-pyrrole nitrogens is 3. The molecule has 8 aromatic heterocycles. The number of benzene rings is 9. The molecule has 0 radical (unpaired) electrons. The van der Waals surface area contributed by atoms with Gasteiger partial charge >= 0.3 is 17.1 Å². The van der Waals surface area contributed by atoms with Crippen LogP contribution in [-0.4, -0.2) is 170 Å². The Morgan fingerprint density at radius 3 is 1.38 bits per heavy atom. The van der Waals surface area contributed by atoms with Gasteiger partial charge in [-0.05, 0) is 206 Å². The monoisotopic (exact) mass is 1830 g/mol. The molecule has 0 saturated heterocycles. The summed E-state index contributed by atoms with van der Waals surface area (Å²) >= 11 is 0. The molecule has 674 valence electrons. The summed E-state index contributed by atoms with van der Waals surface area (Å²) in [6, 6.07) is 51.4. The first-order chi connectivity index (χ1) is 61.7. The van der Waals surface area contributed by atoms with Gasteiger partial charge < -0.3 is 52.5 Å². The third-order valence-electron chi connectivity index (χ3n) is 22.2. The molecule has 0 aliphatic carbocycles. The average Bonchev–Trinajstić information content (AvgIpc) is 1.61. The number of nitrogens with zero attached hydrogens (tertiary/aromatic N) is 17. The van der Waals surface area contributed by atoms with E-state index in [-0.39, 0.29) is 47.7 Å². The van der Waals surface area contributed by atoms with Crippen molar-refractivity contribution in [2.75, 3.05) is 32.7 Å². The van der Waals surface area contributed by atoms with Crippen molar-refractivity contribution in [2.45, 2.75) is 122 Å².